The van der Waals surface area contributed by atoms with Crippen molar-refractivity contribution in [2.24, 2.45) is 0 Å². The van der Waals surface area contributed by atoms with Gasteiger partial charge in [0.05, 0.1) is 16.1 Å². The smallest absolute Gasteiger partial charge is 0.362 e. The van der Waals surface area contributed by atoms with Crippen LogP contribution in [0.3, 0.4) is 0 Å². The molecule has 0 unspecified atom stereocenters. The number of aromatic amines is 1. The zero-order chi connectivity index (χ0) is 26.4. The third-order valence-corrected chi connectivity index (χ3v) is 7.52. The Morgan fingerprint density at radius 3 is 2.32 bits per heavy atom. The lowest BCUT2D eigenvalue weighted by molar-refractivity contribution is 0.568. The molecular weight excluding hydrogens is 509 g/mol. The molecule has 0 saturated heterocycles. The molecule has 188 valence electrons. The van der Waals surface area contributed by atoms with Gasteiger partial charge in [-0.05, 0) is 71.8 Å². The van der Waals surface area contributed by atoms with E-state index < -0.39 is 27.2 Å². The van der Waals surface area contributed by atoms with E-state index in [1.54, 1.807) is 66.7 Å². The summed E-state index contributed by atoms with van der Waals surface area (Å²) in [6, 6.07) is 25.4. The molecule has 4 aromatic carbocycles. The fourth-order valence-electron chi connectivity index (χ4n) is 4.39. The summed E-state index contributed by atoms with van der Waals surface area (Å²) in [7, 11) is -3.94. The lowest BCUT2D eigenvalue weighted by Crippen LogP contribution is -2.14. The molecule has 0 saturated carbocycles. The zero-order valence-corrected chi connectivity index (χ0v) is 20.3. The third-order valence-electron chi connectivity index (χ3n) is 6.12. The molecule has 10 heteroatoms. The van der Waals surface area contributed by atoms with Gasteiger partial charge in [-0.3, -0.25) is 14.3 Å². The minimum Gasteiger partial charge on any atom is -0.421 e. The summed E-state index contributed by atoms with van der Waals surface area (Å²) in [5.41, 5.74) is 1.84. The summed E-state index contributed by atoms with van der Waals surface area (Å²) < 4.78 is 48.2. The van der Waals surface area contributed by atoms with E-state index in [0.717, 1.165) is 12.1 Å². The van der Waals surface area contributed by atoms with Crippen LogP contribution in [0.1, 0.15) is 0 Å². The van der Waals surface area contributed by atoms with E-state index in [2.05, 4.69) is 9.71 Å². The van der Waals surface area contributed by atoms with E-state index in [0.29, 0.717) is 39.0 Å². The molecule has 0 spiro atoms. The van der Waals surface area contributed by atoms with Gasteiger partial charge in [0.1, 0.15) is 11.4 Å². The van der Waals surface area contributed by atoms with Gasteiger partial charge in [0.15, 0.2) is 5.52 Å². The Labute approximate surface area is 214 Å². The molecule has 2 aromatic heterocycles. The van der Waals surface area contributed by atoms with Gasteiger partial charge in [0.25, 0.3) is 10.0 Å². The third kappa shape index (κ3) is 4.06. The Morgan fingerprint density at radius 2 is 1.55 bits per heavy atom. The number of aromatic nitrogens is 2. The van der Waals surface area contributed by atoms with Crippen molar-refractivity contribution in [3.63, 3.8) is 0 Å². The molecule has 0 bridgehead atoms. The van der Waals surface area contributed by atoms with Crippen LogP contribution >= 0.6 is 0 Å². The second-order valence-corrected chi connectivity index (χ2v) is 10.2. The average molecular weight is 528 g/mol. The second-order valence-electron chi connectivity index (χ2n) is 8.57. The van der Waals surface area contributed by atoms with Gasteiger partial charge in [-0.15, -0.1) is 0 Å². The molecule has 0 atom stereocenters. The topological polar surface area (TPSA) is 114 Å². The highest BCUT2D eigenvalue weighted by Crippen LogP contribution is 2.30. The standard InChI is InChI=1S/C28H18FN3O5S/c29-19-10-12-22(13-11-19)38(35,36)31-20-6-4-5-17(15-20)18-9-14-24-23(16-18)26-25(27(33)37-24)30-28(34)32(26)21-7-2-1-3-8-21/h1-16,31H,(H,30,34). The Bertz CT molecular complexity index is 2060. The first-order chi connectivity index (χ1) is 18.3. The summed E-state index contributed by atoms with van der Waals surface area (Å²) in [6.45, 7) is 0. The highest BCUT2D eigenvalue weighted by molar-refractivity contribution is 7.92. The van der Waals surface area contributed by atoms with Gasteiger partial charge < -0.3 is 4.42 Å². The fraction of sp³-hybridized carbons (Fsp3) is 0. The van der Waals surface area contributed by atoms with E-state index in [1.807, 2.05) is 6.07 Å². The van der Waals surface area contributed by atoms with Gasteiger partial charge in [-0.2, -0.15) is 0 Å². The number of anilines is 1. The SMILES string of the molecule is O=c1oc2ccc(-c3cccc(NS(=O)(=O)c4ccc(F)cc4)c3)cc2c2c1[nH]c(=O)n2-c1ccccc1. The van der Waals surface area contributed by atoms with E-state index >= 15 is 0 Å². The summed E-state index contributed by atoms with van der Waals surface area (Å²) in [5.74, 6) is -0.535. The number of rotatable bonds is 5. The quantitative estimate of drug-likeness (QED) is 0.305. The number of nitrogens with one attached hydrogen (secondary N) is 2. The number of nitrogens with zero attached hydrogens (tertiary/aromatic N) is 1. The van der Waals surface area contributed by atoms with Gasteiger partial charge in [-0.1, -0.05) is 36.4 Å². The molecule has 0 aliphatic carbocycles. The maximum absolute atomic E-state index is 13.2. The average Bonchev–Trinajstić information content (AvgIpc) is 3.27. The highest BCUT2D eigenvalue weighted by Gasteiger charge is 2.18. The van der Waals surface area contributed by atoms with E-state index in [4.69, 9.17) is 4.42 Å². The van der Waals surface area contributed by atoms with Gasteiger partial charge in [0, 0.05) is 11.1 Å². The minimum atomic E-state index is -3.94. The second kappa shape index (κ2) is 8.86. The molecule has 0 aliphatic heterocycles. The van der Waals surface area contributed by atoms with Crippen LogP contribution in [0.2, 0.25) is 0 Å². The first-order valence-corrected chi connectivity index (χ1v) is 12.9. The maximum atomic E-state index is 13.2. The molecule has 0 aliphatic rings. The number of benzene rings is 4. The molecule has 0 radical (unpaired) electrons. The molecule has 2 N–H and O–H groups in total. The van der Waals surface area contributed by atoms with Crippen LogP contribution in [-0.4, -0.2) is 18.0 Å². The first-order valence-electron chi connectivity index (χ1n) is 11.5. The minimum absolute atomic E-state index is 0.0457. The van der Waals surface area contributed by atoms with E-state index in [9.17, 15) is 22.4 Å². The van der Waals surface area contributed by atoms with Crippen molar-refractivity contribution >= 4 is 37.7 Å². The summed E-state index contributed by atoms with van der Waals surface area (Å²) in [4.78, 5) is 28.0. The van der Waals surface area contributed by atoms with Gasteiger partial charge in [-0.25, -0.2) is 22.4 Å². The van der Waals surface area contributed by atoms with E-state index in [-0.39, 0.29) is 10.4 Å². The molecule has 6 aromatic rings. The van der Waals surface area contributed by atoms with Crippen molar-refractivity contribution in [3.8, 4) is 16.8 Å². The zero-order valence-electron chi connectivity index (χ0n) is 19.5. The molecule has 0 fully saturated rings. The summed E-state index contributed by atoms with van der Waals surface area (Å²) in [6.07, 6.45) is 0. The van der Waals surface area contributed by atoms with Crippen LogP contribution in [0.4, 0.5) is 10.1 Å². The molecule has 2 heterocycles. The number of fused-ring (bicyclic) bond motifs is 3. The Morgan fingerprint density at radius 1 is 0.816 bits per heavy atom. The molecule has 38 heavy (non-hydrogen) atoms. The highest BCUT2D eigenvalue weighted by atomic mass is 32.2. The Hall–Kier alpha value is -4.96. The van der Waals surface area contributed by atoms with Crippen LogP contribution < -0.4 is 16.0 Å². The number of sulfonamides is 1. The van der Waals surface area contributed by atoms with Crippen LogP contribution in [0.5, 0.6) is 0 Å². The van der Waals surface area contributed by atoms with Crippen molar-refractivity contribution in [1.29, 1.82) is 0 Å². The number of hydrogen-bond donors (Lipinski definition) is 2. The number of H-pyrrole nitrogens is 1. The fourth-order valence-corrected chi connectivity index (χ4v) is 5.44. The maximum Gasteiger partial charge on any atom is 0.362 e. The molecule has 8 nitrogen and oxygen atoms in total. The number of halogens is 1. The lowest BCUT2D eigenvalue weighted by atomic mass is 10.0. The van der Waals surface area contributed by atoms with Gasteiger partial charge >= 0.3 is 11.3 Å². The number of imidazole rings is 1. The Balaban J connectivity index is 1.48. The van der Waals surface area contributed by atoms with Crippen molar-refractivity contribution < 1.29 is 17.2 Å². The van der Waals surface area contributed by atoms with Crippen molar-refractivity contribution in [1.82, 2.24) is 9.55 Å². The molecule has 0 amide bonds. The number of para-hydroxylation sites is 1. The molecular formula is C28H18FN3O5S. The van der Waals surface area contributed by atoms with Crippen molar-refractivity contribution in [2.75, 3.05) is 4.72 Å². The summed E-state index contributed by atoms with van der Waals surface area (Å²) >= 11 is 0. The van der Waals surface area contributed by atoms with Crippen molar-refractivity contribution in [2.45, 2.75) is 4.90 Å². The van der Waals surface area contributed by atoms with Crippen LogP contribution in [0, 0.1) is 5.82 Å². The lowest BCUT2D eigenvalue weighted by Gasteiger charge is -2.11. The summed E-state index contributed by atoms with van der Waals surface area (Å²) in [5, 5.41) is 0.525. The van der Waals surface area contributed by atoms with Crippen LogP contribution in [0.25, 0.3) is 38.8 Å². The van der Waals surface area contributed by atoms with Crippen molar-refractivity contribution in [3.05, 3.63) is 124 Å². The normalized spacial score (nSPS) is 11.7. The monoisotopic (exact) mass is 527 g/mol. The van der Waals surface area contributed by atoms with E-state index in [1.165, 1.54) is 16.7 Å². The molecule has 6 rings (SSSR count). The predicted octanol–water partition coefficient (Wildman–Crippen LogP) is 5.03. The van der Waals surface area contributed by atoms with Gasteiger partial charge in [0.2, 0.25) is 0 Å². The van der Waals surface area contributed by atoms with Crippen LogP contribution in [0.15, 0.2) is 116 Å². The van der Waals surface area contributed by atoms with Crippen LogP contribution in [-0.2, 0) is 10.0 Å². The largest absolute Gasteiger partial charge is 0.421 e. The first kappa shape index (κ1) is 23.4. The number of hydrogen-bond acceptors (Lipinski definition) is 5. The Kier molecular flexibility index (Phi) is 5.46. The predicted molar refractivity (Wildman–Crippen MR) is 143 cm³/mol.